The predicted molar refractivity (Wildman–Crippen MR) is 100 cm³/mol. The lowest BCUT2D eigenvalue weighted by molar-refractivity contribution is -0.155. The van der Waals surface area contributed by atoms with Crippen LogP contribution in [0.15, 0.2) is 35.2 Å². The van der Waals surface area contributed by atoms with Gasteiger partial charge in [0.2, 0.25) is 7.98 Å². The van der Waals surface area contributed by atoms with E-state index < -0.39 is 27.6 Å². The molecule has 0 fully saturated rings. The van der Waals surface area contributed by atoms with E-state index in [4.69, 9.17) is 9.47 Å². The highest BCUT2D eigenvalue weighted by Gasteiger charge is 2.24. The SMILES string of the molecule is BNC(=O)OC(CCCC(=O)OC(C)(C)C)CS(=O)(=O)c1ccccc1. The Labute approximate surface area is 155 Å². The first kappa shape index (κ1) is 22.0. The molecular weight excluding hydrogens is 357 g/mol. The van der Waals surface area contributed by atoms with Crippen LogP contribution in [-0.2, 0) is 24.1 Å². The summed E-state index contributed by atoms with van der Waals surface area (Å²) in [5.74, 6) is -0.722. The molecule has 0 aromatic heterocycles. The van der Waals surface area contributed by atoms with Crippen molar-refractivity contribution in [2.24, 2.45) is 0 Å². The molecule has 1 amide bonds. The van der Waals surface area contributed by atoms with Crippen LogP contribution in [-0.4, -0.2) is 45.9 Å². The van der Waals surface area contributed by atoms with Crippen molar-refractivity contribution in [3.8, 4) is 0 Å². The molecule has 0 aliphatic heterocycles. The van der Waals surface area contributed by atoms with Crippen molar-refractivity contribution < 1.29 is 27.5 Å². The first-order valence-corrected chi connectivity index (χ1v) is 10.1. The number of esters is 1. The Morgan fingerprint density at radius 3 is 2.35 bits per heavy atom. The summed E-state index contributed by atoms with van der Waals surface area (Å²) in [4.78, 5) is 23.4. The van der Waals surface area contributed by atoms with Gasteiger partial charge in [-0.1, -0.05) is 18.2 Å². The zero-order valence-electron chi connectivity index (χ0n) is 15.7. The fourth-order valence-electron chi connectivity index (χ4n) is 2.22. The second-order valence-electron chi connectivity index (χ2n) is 6.85. The van der Waals surface area contributed by atoms with Crippen LogP contribution in [0.5, 0.6) is 0 Å². The third-order valence-corrected chi connectivity index (χ3v) is 5.11. The van der Waals surface area contributed by atoms with E-state index in [2.05, 4.69) is 5.23 Å². The lowest BCUT2D eigenvalue weighted by atomic mass is 10.1. The monoisotopic (exact) mass is 383 g/mol. The standard InChI is InChI=1S/C17H26BNO6S/c1-17(2,3)25-15(20)11-7-8-13(24-16(21)19-18)12-26(22,23)14-9-5-4-6-10-14/h4-6,9-10,13H,7-8,11-12,18H2,1-3H3,(H,19,21). The van der Waals surface area contributed by atoms with Gasteiger partial charge in [0, 0.05) is 6.42 Å². The fraction of sp³-hybridized carbons (Fsp3) is 0.529. The smallest absolute Gasteiger partial charge is 0.394 e. The molecule has 0 heterocycles. The maximum Gasteiger partial charge on any atom is 0.394 e. The molecule has 0 bridgehead atoms. The van der Waals surface area contributed by atoms with E-state index in [1.165, 1.54) is 20.1 Å². The largest absolute Gasteiger partial charge is 0.460 e. The van der Waals surface area contributed by atoms with E-state index in [9.17, 15) is 18.0 Å². The van der Waals surface area contributed by atoms with E-state index in [1.807, 2.05) is 0 Å². The van der Waals surface area contributed by atoms with Gasteiger partial charge in [-0.2, -0.15) is 0 Å². The number of sulfone groups is 1. The van der Waals surface area contributed by atoms with Gasteiger partial charge < -0.3 is 14.7 Å². The molecule has 144 valence electrons. The minimum Gasteiger partial charge on any atom is -0.460 e. The van der Waals surface area contributed by atoms with Crippen LogP contribution in [0, 0.1) is 0 Å². The molecule has 26 heavy (non-hydrogen) atoms. The van der Waals surface area contributed by atoms with Gasteiger partial charge in [-0.15, -0.1) is 0 Å². The highest BCUT2D eigenvalue weighted by atomic mass is 32.2. The normalized spacial score (nSPS) is 12.9. The van der Waals surface area contributed by atoms with Crippen molar-refractivity contribution in [3.63, 3.8) is 0 Å². The van der Waals surface area contributed by atoms with Gasteiger partial charge in [0.15, 0.2) is 9.84 Å². The number of carbonyl (C=O) groups excluding carboxylic acids is 2. The Balaban J connectivity index is 2.70. The first-order valence-electron chi connectivity index (χ1n) is 8.41. The Bertz CT molecular complexity index is 700. The number of hydrogen-bond donors (Lipinski definition) is 1. The van der Waals surface area contributed by atoms with Crippen LogP contribution in [0.1, 0.15) is 40.0 Å². The van der Waals surface area contributed by atoms with E-state index in [1.54, 1.807) is 39.0 Å². The van der Waals surface area contributed by atoms with E-state index in [0.717, 1.165) is 0 Å². The molecular formula is C17H26BNO6S. The van der Waals surface area contributed by atoms with Gasteiger partial charge in [0.25, 0.3) is 0 Å². The average molecular weight is 383 g/mol. The van der Waals surface area contributed by atoms with Crippen molar-refractivity contribution in [1.29, 1.82) is 0 Å². The van der Waals surface area contributed by atoms with Crippen LogP contribution in [0.3, 0.4) is 0 Å². The first-order chi connectivity index (χ1) is 12.0. The highest BCUT2D eigenvalue weighted by molar-refractivity contribution is 7.91. The molecule has 1 N–H and O–H groups in total. The maximum atomic E-state index is 12.5. The van der Waals surface area contributed by atoms with Crippen LogP contribution in [0.25, 0.3) is 0 Å². The molecule has 1 rings (SSSR count). The van der Waals surface area contributed by atoms with E-state index in [0.29, 0.717) is 6.42 Å². The molecule has 9 heteroatoms. The molecule has 1 unspecified atom stereocenters. The summed E-state index contributed by atoms with van der Waals surface area (Å²) >= 11 is 0. The number of ether oxygens (including phenoxy) is 2. The number of carbonyl (C=O) groups is 2. The molecule has 0 saturated heterocycles. The predicted octanol–water partition coefficient (Wildman–Crippen LogP) is 1.62. The number of rotatable bonds is 8. The molecule has 0 radical (unpaired) electrons. The van der Waals surface area contributed by atoms with Crippen molar-refractivity contribution in [3.05, 3.63) is 30.3 Å². The molecule has 0 aliphatic rings. The number of benzene rings is 1. The quantitative estimate of drug-likeness (QED) is 0.541. The molecule has 1 aromatic carbocycles. The van der Waals surface area contributed by atoms with Gasteiger partial charge in [0.1, 0.15) is 11.7 Å². The van der Waals surface area contributed by atoms with Gasteiger partial charge in [0.05, 0.1) is 10.6 Å². The molecule has 1 atom stereocenters. The van der Waals surface area contributed by atoms with E-state index in [-0.39, 0.29) is 29.5 Å². The summed E-state index contributed by atoms with van der Waals surface area (Å²) in [5, 5.41) is 2.30. The average Bonchev–Trinajstić information content (AvgIpc) is 2.53. The summed E-state index contributed by atoms with van der Waals surface area (Å²) in [5.41, 5.74) is -0.578. The van der Waals surface area contributed by atoms with Crippen molar-refractivity contribution in [2.45, 2.75) is 56.6 Å². The highest BCUT2D eigenvalue weighted by Crippen LogP contribution is 2.17. The Morgan fingerprint density at radius 1 is 1.19 bits per heavy atom. The van der Waals surface area contributed by atoms with Gasteiger partial charge in [-0.3, -0.25) is 4.79 Å². The fourth-order valence-corrected chi connectivity index (χ4v) is 3.71. The van der Waals surface area contributed by atoms with Crippen LogP contribution in [0.4, 0.5) is 4.79 Å². The lowest BCUT2D eigenvalue weighted by Gasteiger charge is -2.20. The molecule has 0 aliphatic carbocycles. The van der Waals surface area contributed by atoms with Crippen molar-refractivity contribution >= 4 is 29.9 Å². The third-order valence-electron chi connectivity index (χ3n) is 3.31. The number of amides is 1. The topological polar surface area (TPSA) is 98.8 Å². The molecule has 0 spiro atoms. The molecule has 1 aromatic rings. The minimum atomic E-state index is -3.61. The Morgan fingerprint density at radius 2 is 1.81 bits per heavy atom. The Hall–Kier alpha value is -2.03. The van der Waals surface area contributed by atoms with Crippen LogP contribution in [0.2, 0.25) is 0 Å². The zero-order chi connectivity index (χ0) is 19.8. The maximum absolute atomic E-state index is 12.5. The number of nitrogens with one attached hydrogen (secondary N) is 1. The second-order valence-corrected chi connectivity index (χ2v) is 8.88. The second kappa shape index (κ2) is 9.61. The number of hydrogen-bond acceptors (Lipinski definition) is 6. The van der Waals surface area contributed by atoms with Crippen molar-refractivity contribution in [2.75, 3.05) is 5.75 Å². The summed E-state index contributed by atoms with van der Waals surface area (Å²) in [6.07, 6.45) is -0.867. The summed E-state index contributed by atoms with van der Waals surface area (Å²) in [6.45, 7) is 5.32. The van der Waals surface area contributed by atoms with Crippen molar-refractivity contribution in [1.82, 2.24) is 5.23 Å². The molecule has 7 nitrogen and oxygen atoms in total. The summed E-state index contributed by atoms with van der Waals surface area (Å²) < 4.78 is 35.4. The van der Waals surface area contributed by atoms with E-state index >= 15 is 0 Å². The van der Waals surface area contributed by atoms with Gasteiger partial charge >= 0.3 is 12.1 Å². The van der Waals surface area contributed by atoms with Gasteiger partial charge in [-0.25, -0.2) is 13.2 Å². The van der Waals surface area contributed by atoms with Crippen LogP contribution >= 0.6 is 0 Å². The van der Waals surface area contributed by atoms with Crippen LogP contribution < -0.4 is 5.23 Å². The summed E-state index contributed by atoms with van der Waals surface area (Å²) in [6, 6.07) is 7.96. The minimum absolute atomic E-state index is 0.121. The summed E-state index contributed by atoms with van der Waals surface area (Å²) in [7, 11) is -2.22. The molecule has 0 saturated carbocycles. The Kier molecular flexibility index (Phi) is 8.14. The lowest BCUT2D eigenvalue weighted by Crippen LogP contribution is -2.32. The van der Waals surface area contributed by atoms with Gasteiger partial charge in [-0.05, 0) is 45.7 Å². The third kappa shape index (κ3) is 8.38. The zero-order valence-corrected chi connectivity index (χ0v) is 16.5.